The second-order valence-corrected chi connectivity index (χ2v) is 5.64. The second kappa shape index (κ2) is 4.41. The molecular weight excluding hydrogens is 230 g/mol. The Kier molecular flexibility index (Phi) is 2.85. The summed E-state index contributed by atoms with van der Waals surface area (Å²) in [4.78, 5) is 0. The van der Waals surface area contributed by atoms with E-state index in [-0.39, 0.29) is 0 Å². The van der Waals surface area contributed by atoms with Gasteiger partial charge in [-0.3, -0.25) is 0 Å². The predicted molar refractivity (Wildman–Crippen MR) is 83.0 cm³/mol. The third kappa shape index (κ3) is 1.85. The Morgan fingerprint density at radius 2 is 1.63 bits per heavy atom. The molecule has 98 valence electrons. The highest BCUT2D eigenvalue weighted by atomic mass is 14.9. The van der Waals surface area contributed by atoms with Gasteiger partial charge in [0.1, 0.15) is 0 Å². The van der Waals surface area contributed by atoms with Crippen molar-refractivity contribution in [2.24, 2.45) is 0 Å². The minimum atomic E-state index is 1.06. The summed E-state index contributed by atoms with van der Waals surface area (Å²) in [6, 6.07) is 8.94. The van der Waals surface area contributed by atoms with Crippen molar-refractivity contribution in [3.63, 3.8) is 0 Å². The van der Waals surface area contributed by atoms with Crippen LogP contribution in [0.4, 0.5) is 5.69 Å². The van der Waals surface area contributed by atoms with Gasteiger partial charge in [-0.2, -0.15) is 0 Å². The summed E-state index contributed by atoms with van der Waals surface area (Å²) in [5, 5.41) is 3.48. The number of benzene rings is 2. The van der Waals surface area contributed by atoms with E-state index in [9.17, 15) is 0 Å². The second-order valence-electron chi connectivity index (χ2n) is 5.64. The highest BCUT2D eigenvalue weighted by Gasteiger charge is 2.18. The predicted octanol–water partition coefficient (Wildman–Crippen LogP) is 4.56. The molecule has 1 heteroatoms. The molecule has 1 nitrogen and oxygen atoms in total. The molecule has 0 saturated carbocycles. The van der Waals surface area contributed by atoms with Crippen LogP contribution in [0, 0.1) is 27.7 Å². The van der Waals surface area contributed by atoms with Crippen LogP contribution in [0.15, 0.2) is 24.3 Å². The van der Waals surface area contributed by atoms with Gasteiger partial charge in [-0.15, -0.1) is 0 Å². The first-order valence-corrected chi connectivity index (χ1v) is 7.03. The summed E-state index contributed by atoms with van der Waals surface area (Å²) >= 11 is 0. The number of rotatable bonds is 1. The van der Waals surface area contributed by atoms with E-state index in [0.717, 1.165) is 13.0 Å². The average Bonchev–Trinajstić information content (AvgIpc) is 2.86. The molecule has 2 aromatic carbocycles. The van der Waals surface area contributed by atoms with Crippen molar-refractivity contribution in [3.8, 4) is 11.1 Å². The van der Waals surface area contributed by atoms with E-state index >= 15 is 0 Å². The van der Waals surface area contributed by atoms with Gasteiger partial charge in [0.25, 0.3) is 0 Å². The van der Waals surface area contributed by atoms with E-state index in [4.69, 9.17) is 0 Å². The largest absolute Gasteiger partial charge is 0.384 e. The van der Waals surface area contributed by atoms with Crippen molar-refractivity contribution in [2.45, 2.75) is 34.1 Å². The number of aryl methyl sites for hydroxylation is 2. The van der Waals surface area contributed by atoms with Crippen LogP contribution in [-0.2, 0) is 6.42 Å². The minimum absolute atomic E-state index is 1.06. The van der Waals surface area contributed by atoms with E-state index in [1.807, 2.05) is 0 Å². The standard InChI is InChI=1S/C18H21N/c1-11-10-12(2)14(4)18(13(11)3)16-6-5-7-17-15(16)8-9-19-17/h5-7,10,19H,8-9H2,1-4H3. The monoisotopic (exact) mass is 251 g/mol. The lowest BCUT2D eigenvalue weighted by atomic mass is 9.87. The van der Waals surface area contributed by atoms with Gasteiger partial charge in [0.2, 0.25) is 0 Å². The highest BCUT2D eigenvalue weighted by molar-refractivity contribution is 5.81. The van der Waals surface area contributed by atoms with Crippen molar-refractivity contribution >= 4 is 5.69 Å². The lowest BCUT2D eigenvalue weighted by molar-refractivity contribution is 1.10. The fourth-order valence-electron chi connectivity index (χ4n) is 3.20. The van der Waals surface area contributed by atoms with Gasteiger partial charge in [0, 0.05) is 12.2 Å². The van der Waals surface area contributed by atoms with Crippen molar-refractivity contribution in [2.75, 3.05) is 11.9 Å². The highest BCUT2D eigenvalue weighted by Crippen LogP contribution is 2.38. The van der Waals surface area contributed by atoms with Gasteiger partial charge in [-0.1, -0.05) is 18.2 Å². The summed E-state index contributed by atoms with van der Waals surface area (Å²) in [5.41, 5.74) is 11.3. The lowest BCUT2D eigenvalue weighted by Gasteiger charge is -2.18. The minimum Gasteiger partial charge on any atom is -0.384 e. The molecule has 0 spiro atoms. The summed E-state index contributed by atoms with van der Waals surface area (Å²) < 4.78 is 0. The van der Waals surface area contributed by atoms with Gasteiger partial charge in [0.15, 0.2) is 0 Å². The van der Waals surface area contributed by atoms with E-state index < -0.39 is 0 Å². The maximum atomic E-state index is 3.48. The fraction of sp³-hybridized carbons (Fsp3) is 0.333. The van der Waals surface area contributed by atoms with Crippen LogP contribution >= 0.6 is 0 Å². The molecule has 0 fully saturated rings. The first kappa shape index (κ1) is 12.3. The van der Waals surface area contributed by atoms with Crippen LogP contribution in [0.1, 0.15) is 27.8 Å². The molecule has 0 atom stereocenters. The van der Waals surface area contributed by atoms with Crippen LogP contribution in [0.25, 0.3) is 11.1 Å². The maximum absolute atomic E-state index is 3.48. The summed E-state index contributed by atoms with van der Waals surface area (Å²) in [5.74, 6) is 0. The number of fused-ring (bicyclic) bond motifs is 1. The zero-order chi connectivity index (χ0) is 13.6. The first-order valence-electron chi connectivity index (χ1n) is 7.03. The number of anilines is 1. The topological polar surface area (TPSA) is 12.0 Å². The van der Waals surface area contributed by atoms with Crippen molar-refractivity contribution < 1.29 is 0 Å². The quantitative estimate of drug-likeness (QED) is 0.783. The lowest BCUT2D eigenvalue weighted by Crippen LogP contribution is -1.97. The molecule has 1 aliphatic rings. The Bertz CT molecular complexity index is 627. The molecule has 0 aliphatic carbocycles. The molecule has 0 bridgehead atoms. The summed E-state index contributed by atoms with van der Waals surface area (Å²) in [6.45, 7) is 9.99. The SMILES string of the molecule is Cc1cc(C)c(C)c(-c2cccc3c2CCN3)c1C. The van der Waals surface area contributed by atoms with Gasteiger partial charge >= 0.3 is 0 Å². The van der Waals surface area contributed by atoms with E-state index in [1.54, 1.807) is 0 Å². The fourth-order valence-corrected chi connectivity index (χ4v) is 3.20. The van der Waals surface area contributed by atoms with Crippen LogP contribution in [0.2, 0.25) is 0 Å². The Labute approximate surface area is 115 Å². The Morgan fingerprint density at radius 3 is 2.32 bits per heavy atom. The first-order chi connectivity index (χ1) is 9.09. The number of hydrogen-bond acceptors (Lipinski definition) is 1. The zero-order valence-electron chi connectivity index (χ0n) is 12.2. The molecule has 19 heavy (non-hydrogen) atoms. The Hall–Kier alpha value is -1.76. The maximum Gasteiger partial charge on any atom is 0.0379 e. The molecule has 0 amide bonds. The van der Waals surface area contributed by atoms with E-state index in [2.05, 4.69) is 57.3 Å². The van der Waals surface area contributed by atoms with E-state index in [1.165, 1.54) is 44.6 Å². The number of hydrogen-bond donors (Lipinski definition) is 1. The molecule has 2 aromatic rings. The zero-order valence-corrected chi connectivity index (χ0v) is 12.2. The molecule has 3 rings (SSSR count). The van der Waals surface area contributed by atoms with Crippen LogP contribution in [-0.4, -0.2) is 6.54 Å². The molecule has 0 saturated heterocycles. The molecule has 0 radical (unpaired) electrons. The molecule has 1 N–H and O–H groups in total. The summed E-state index contributed by atoms with van der Waals surface area (Å²) in [6.07, 6.45) is 1.14. The third-order valence-corrected chi connectivity index (χ3v) is 4.50. The average molecular weight is 251 g/mol. The third-order valence-electron chi connectivity index (χ3n) is 4.50. The normalized spacial score (nSPS) is 13.3. The van der Waals surface area contributed by atoms with Gasteiger partial charge in [0.05, 0.1) is 0 Å². The Morgan fingerprint density at radius 1 is 0.947 bits per heavy atom. The molecule has 0 aromatic heterocycles. The van der Waals surface area contributed by atoms with Crippen LogP contribution < -0.4 is 5.32 Å². The van der Waals surface area contributed by atoms with E-state index in [0.29, 0.717) is 0 Å². The molecule has 0 unspecified atom stereocenters. The smallest absolute Gasteiger partial charge is 0.0379 e. The molecule has 1 aliphatic heterocycles. The Balaban J connectivity index is 2.32. The van der Waals surface area contributed by atoms with Crippen molar-refractivity contribution in [1.29, 1.82) is 0 Å². The molecular formula is C18H21N. The van der Waals surface area contributed by atoms with Gasteiger partial charge < -0.3 is 5.32 Å². The van der Waals surface area contributed by atoms with Crippen molar-refractivity contribution in [1.82, 2.24) is 0 Å². The van der Waals surface area contributed by atoms with Crippen LogP contribution in [0.5, 0.6) is 0 Å². The number of nitrogens with one attached hydrogen (secondary N) is 1. The van der Waals surface area contributed by atoms with Crippen LogP contribution in [0.3, 0.4) is 0 Å². The van der Waals surface area contributed by atoms with Gasteiger partial charge in [-0.05, 0) is 79.1 Å². The molecule has 1 heterocycles. The van der Waals surface area contributed by atoms with Crippen molar-refractivity contribution in [3.05, 3.63) is 52.1 Å². The van der Waals surface area contributed by atoms with Gasteiger partial charge in [-0.25, -0.2) is 0 Å². The summed E-state index contributed by atoms with van der Waals surface area (Å²) in [7, 11) is 0.